The van der Waals surface area contributed by atoms with Crippen molar-refractivity contribution >= 4 is 21.6 Å². The van der Waals surface area contributed by atoms with Crippen LogP contribution in [0.25, 0.3) is 0 Å². The highest BCUT2D eigenvalue weighted by molar-refractivity contribution is 7.89. The Morgan fingerprint density at radius 3 is 2.86 bits per heavy atom. The highest BCUT2D eigenvalue weighted by Gasteiger charge is 2.27. The normalized spacial score (nSPS) is 19.9. The molecule has 0 spiro atoms. The van der Waals surface area contributed by atoms with Gasteiger partial charge in [-0.1, -0.05) is 6.07 Å². The summed E-state index contributed by atoms with van der Waals surface area (Å²) in [6, 6.07) is 3.92. The van der Waals surface area contributed by atoms with Crippen LogP contribution in [0.2, 0.25) is 0 Å². The number of rotatable bonds is 5. The van der Waals surface area contributed by atoms with Crippen LogP contribution < -0.4 is 0 Å². The van der Waals surface area contributed by atoms with Crippen molar-refractivity contribution in [2.45, 2.75) is 23.6 Å². The topological polar surface area (TPSA) is 46.6 Å². The van der Waals surface area contributed by atoms with Gasteiger partial charge < -0.3 is 4.74 Å². The van der Waals surface area contributed by atoms with Gasteiger partial charge in [0.1, 0.15) is 10.7 Å². The number of sulfonamides is 1. The summed E-state index contributed by atoms with van der Waals surface area (Å²) < 4.78 is 45.4. The fraction of sp³-hybridized carbons (Fsp3) is 0.571. The van der Waals surface area contributed by atoms with E-state index in [1.807, 2.05) is 0 Å². The van der Waals surface area contributed by atoms with E-state index in [2.05, 4.69) is 0 Å². The first-order valence-corrected chi connectivity index (χ1v) is 8.81. The van der Waals surface area contributed by atoms with Crippen molar-refractivity contribution in [3.8, 4) is 0 Å². The van der Waals surface area contributed by atoms with E-state index >= 15 is 0 Å². The highest BCUT2D eigenvalue weighted by Crippen LogP contribution is 2.23. The number of hydrogen-bond acceptors (Lipinski definition) is 3. The van der Waals surface area contributed by atoms with Crippen molar-refractivity contribution in [3.05, 3.63) is 29.6 Å². The molecule has 1 fully saturated rings. The fourth-order valence-electron chi connectivity index (χ4n) is 2.41. The Kier molecular flexibility index (Phi) is 5.60. The Hall–Kier alpha value is -0.690. The van der Waals surface area contributed by atoms with E-state index in [1.54, 1.807) is 0 Å². The van der Waals surface area contributed by atoms with Crippen LogP contribution in [0.1, 0.15) is 18.4 Å². The Labute approximate surface area is 129 Å². The minimum Gasteiger partial charge on any atom is -0.381 e. The van der Waals surface area contributed by atoms with Gasteiger partial charge in [0, 0.05) is 26.1 Å². The fourth-order valence-corrected chi connectivity index (χ4v) is 3.93. The van der Waals surface area contributed by atoms with Crippen LogP contribution in [-0.2, 0) is 20.6 Å². The lowest BCUT2D eigenvalue weighted by atomic mass is 10.0. The maximum absolute atomic E-state index is 13.9. The largest absolute Gasteiger partial charge is 0.381 e. The second kappa shape index (κ2) is 7.05. The van der Waals surface area contributed by atoms with Gasteiger partial charge in [-0.2, -0.15) is 0 Å². The van der Waals surface area contributed by atoms with Crippen LogP contribution >= 0.6 is 11.6 Å². The minimum atomic E-state index is -3.86. The molecule has 7 heteroatoms. The molecule has 1 saturated heterocycles. The molecule has 2 rings (SSSR count). The standard InChI is InChI=1S/C14H19ClFNO3S/c1-17(9-12-3-2-6-20-10-12)21(18,19)14-7-11(8-15)4-5-13(14)16/h4-5,7,12H,2-3,6,8-10H2,1H3. The lowest BCUT2D eigenvalue weighted by molar-refractivity contribution is 0.0495. The maximum atomic E-state index is 13.9. The summed E-state index contributed by atoms with van der Waals surface area (Å²) in [5.74, 6) is -0.461. The second-order valence-electron chi connectivity index (χ2n) is 5.27. The first-order chi connectivity index (χ1) is 9.95. The molecule has 21 heavy (non-hydrogen) atoms. The second-order valence-corrected chi connectivity index (χ2v) is 7.55. The third-order valence-corrected chi connectivity index (χ3v) is 5.76. The molecule has 0 amide bonds. The van der Waals surface area contributed by atoms with Crippen molar-refractivity contribution in [1.29, 1.82) is 0 Å². The van der Waals surface area contributed by atoms with Crippen LogP contribution in [0.4, 0.5) is 4.39 Å². The van der Waals surface area contributed by atoms with E-state index in [9.17, 15) is 12.8 Å². The zero-order valence-electron chi connectivity index (χ0n) is 11.9. The van der Waals surface area contributed by atoms with Crippen molar-refractivity contribution in [2.75, 3.05) is 26.8 Å². The lowest BCUT2D eigenvalue weighted by Gasteiger charge is -2.26. The SMILES string of the molecule is CN(CC1CCCOC1)S(=O)(=O)c1cc(CCl)ccc1F. The number of nitrogens with zero attached hydrogens (tertiary/aromatic N) is 1. The molecule has 0 saturated carbocycles. The van der Waals surface area contributed by atoms with E-state index in [-0.39, 0.29) is 16.7 Å². The van der Waals surface area contributed by atoms with Gasteiger partial charge in [-0.05, 0) is 36.5 Å². The third-order valence-electron chi connectivity index (χ3n) is 3.61. The van der Waals surface area contributed by atoms with Gasteiger partial charge in [0.15, 0.2) is 0 Å². The number of benzene rings is 1. The molecular formula is C14H19ClFNO3S. The van der Waals surface area contributed by atoms with Gasteiger partial charge >= 0.3 is 0 Å². The van der Waals surface area contributed by atoms with Crippen LogP contribution in [0.3, 0.4) is 0 Å². The maximum Gasteiger partial charge on any atom is 0.245 e. The third kappa shape index (κ3) is 3.94. The smallest absolute Gasteiger partial charge is 0.245 e. The predicted octanol–water partition coefficient (Wildman–Crippen LogP) is 2.61. The van der Waals surface area contributed by atoms with E-state index < -0.39 is 15.8 Å². The van der Waals surface area contributed by atoms with Crippen LogP contribution in [0.5, 0.6) is 0 Å². The summed E-state index contributed by atoms with van der Waals surface area (Å²) >= 11 is 5.69. The molecule has 1 aliphatic heterocycles. The lowest BCUT2D eigenvalue weighted by Crippen LogP contribution is -2.35. The van der Waals surface area contributed by atoms with Crippen LogP contribution in [0, 0.1) is 11.7 Å². The highest BCUT2D eigenvalue weighted by atomic mass is 35.5. The van der Waals surface area contributed by atoms with Crippen LogP contribution in [-0.4, -0.2) is 39.5 Å². The Balaban J connectivity index is 2.20. The summed E-state index contributed by atoms with van der Waals surface area (Å²) in [5.41, 5.74) is 0.575. The predicted molar refractivity (Wildman–Crippen MR) is 79.3 cm³/mol. The summed E-state index contributed by atoms with van der Waals surface area (Å²) in [6.07, 6.45) is 1.85. The Bertz CT molecular complexity index is 588. The molecule has 1 aromatic rings. The summed E-state index contributed by atoms with van der Waals surface area (Å²) in [7, 11) is -2.39. The summed E-state index contributed by atoms with van der Waals surface area (Å²) in [5, 5.41) is 0. The molecule has 1 atom stereocenters. The van der Waals surface area contributed by atoms with Gasteiger partial charge in [-0.15, -0.1) is 11.6 Å². The monoisotopic (exact) mass is 335 g/mol. The number of ether oxygens (including phenoxy) is 1. The zero-order valence-corrected chi connectivity index (χ0v) is 13.5. The van der Waals surface area contributed by atoms with Crippen molar-refractivity contribution < 1.29 is 17.5 Å². The molecule has 0 N–H and O–H groups in total. The van der Waals surface area contributed by atoms with Gasteiger partial charge in [0.2, 0.25) is 10.0 Å². The van der Waals surface area contributed by atoms with Crippen LogP contribution in [0.15, 0.2) is 23.1 Å². The molecule has 4 nitrogen and oxygen atoms in total. The Morgan fingerprint density at radius 2 is 2.24 bits per heavy atom. The Morgan fingerprint density at radius 1 is 1.48 bits per heavy atom. The van der Waals surface area contributed by atoms with E-state index in [1.165, 1.54) is 23.5 Å². The van der Waals surface area contributed by atoms with E-state index in [0.29, 0.717) is 18.7 Å². The molecule has 1 aliphatic rings. The molecule has 1 aromatic carbocycles. The summed E-state index contributed by atoms with van der Waals surface area (Å²) in [4.78, 5) is -0.320. The molecule has 0 aliphatic carbocycles. The summed E-state index contributed by atoms with van der Waals surface area (Å²) in [6.45, 7) is 1.59. The van der Waals surface area contributed by atoms with Gasteiger partial charge in [-0.25, -0.2) is 17.1 Å². The number of hydrogen-bond donors (Lipinski definition) is 0. The first kappa shape index (κ1) is 16.7. The van der Waals surface area contributed by atoms with Crippen molar-refractivity contribution in [3.63, 3.8) is 0 Å². The van der Waals surface area contributed by atoms with Gasteiger partial charge in [0.05, 0.1) is 6.61 Å². The van der Waals surface area contributed by atoms with Crippen molar-refractivity contribution in [1.82, 2.24) is 4.31 Å². The van der Waals surface area contributed by atoms with Gasteiger partial charge in [0.25, 0.3) is 0 Å². The molecule has 0 aromatic heterocycles. The molecular weight excluding hydrogens is 317 g/mol. The van der Waals surface area contributed by atoms with Crippen molar-refractivity contribution in [2.24, 2.45) is 5.92 Å². The number of halogens is 2. The average Bonchev–Trinajstić information content (AvgIpc) is 2.48. The average molecular weight is 336 g/mol. The van der Waals surface area contributed by atoms with Gasteiger partial charge in [-0.3, -0.25) is 0 Å². The number of alkyl halides is 1. The quantitative estimate of drug-likeness (QED) is 0.777. The molecule has 1 heterocycles. The molecule has 0 radical (unpaired) electrons. The molecule has 0 bridgehead atoms. The van der Waals surface area contributed by atoms with E-state index in [0.717, 1.165) is 25.5 Å². The molecule has 1 unspecified atom stereocenters. The zero-order chi connectivity index (χ0) is 15.5. The molecule has 118 valence electrons. The first-order valence-electron chi connectivity index (χ1n) is 6.83. The minimum absolute atomic E-state index is 0.142. The van der Waals surface area contributed by atoms with E-state index in [4.69, 9.17) is 16.3 Å².